The van der Waals surface area contributed by atoms with Gasteiger partial charge >= 0.3 is 0 Å². The van der Waals surface area contributed by atoms with Gasteiger partial charge in [0.05, 0.1) is 34.4 Å². The largest absolute Gasteiger partial charge is 0.370 e. The lowest BCUT2D eigenvalue weighted by Gasteiger charge is -2.34. The summed E-state index contributed by atoms with van der Waals surface area (Å²) in [5.41, 5.74) is 7.45. The molecule has 3 heterocycles. The molecule has 0 radical (unpaired) electrons. The molecule has 134 valence electrons. The smallest absolute Gasteiger partial charge is 0.275 e. The number of rotatable bonds is 3. The molecular weight excluding hydrogens is 330 g/mol. The van der Waals surface area contributed by atoms with Crippen molar-refractivity contribution < 1.29 is 4.79 Å². The first-order valence-electron chi connectivity index (χ1n) is 8.73. The number of hydrogen-bond acceptors (Lipinski definition) is 4. The van der Waals surface area contributed by atoms with Crippen molar-refractivity contribution in [1.29, 1.82) is 0 Å². The number of aromatic nitrogens is 3. The van der Waals surface area contributed by atoms with E-state index in [2.05, 4.69) is 16.0 Å². The number of carbonyl (C=O) groups excluding carboxylic acids is 1. The molecule has 0 aliphatic carbocycles. The van der Waals surface area contributed by atoms with Gasteiger partial charge in [-0.25, -0.2) is 4.68 Å². The lowest BCUT2D eigenvalue weighted by atomic mass is 10.0. The third-order valence-electron chi connectivity index (χ3n) is 5.22. The van der Waals surface area contributed by atoms with Crippen LogP contribution in [0.3, 0.4) is 0 Å². The molecule has 7 nitrogen and oxygen atoms in total. The van der Waals surface area contributed by atoms with Crippen LogP contribution < -0.4 is 16.2 Å². The van der Waals surface area contributed by atoms with Crippen LogP contribution in [0, 0.1) is 0 Å². The molecule has 1 aliphatic rings. The normalized spacial score (nSPS) is 15.5. The van der Waals surface area contributed by atoms with Crippen LogP contribution in [-0.2, 0) is 7.05 Å². The van der Waals surface area contributed by atoms with E-state index in [-0.39, 0.29) is 17.2 Å². The van der Waals surface area contributed by atoms with Crippen molar-refractivity contribution in [2.24, 2.45) is 12.8 Å². The van der Waals surface area contributed by atoms with E-state index < -0.39 is 5.91 Å². The van der Waals surface area contributed by atoms with Crippen molar-refractivity contribution in [3.8, 4) is 0 Å². The molecular formula is C19H21N5O2. The monoisotopic (exact) mass is 351 g/mol. The average Bonchev–Trinajstić information content (AvgIpc) is 2.93. The number of piperidine rings is 1. The molecule has 2 N–H and O–H groups in total. The van der Waals surface area contributed by atoms with E-state index in [1.54, 1.807) is 23.0 Å². The highest BCUT2D eigenvalue weighted by molar-refractivity contribution is 6.05. The van der Waals surface area contributed by atoms with Crippen LogP contribution in [-0.4, -0.2) is 33.3 Å². The molecule has 26 heavy (non-hydrogen) atoms. The maximum atomic E-state index is 13.0. The highest BCUT2D eigenvalue weighted by Gasteiger charge is 2.26. The van der Waals surface area contributed by atoms with E-state index in [4.69, 9.17) is 5.73 Å². The van der Waals surface area contributed by atoms with Crippen LogP contribution >= 0.6 is 0 Å². The number of amides is 1. The van der Waals surface area contributed by atoms with E-state index >= 15 is 0 Å². The fraction of sp³-hybridized carbons (Fsp3) is 0.316. The minimum Gasteiger partial charge on any atom is -0.370 e. The molecule has 4 rings (SSSR count). The Hall–Kier alpha value is -3.09. The summed E-state index contributed by atoms with van der Waals surface area (Å²) in [6.07, 6.45) is 5.33. The molecule has 0 bridgehead atoms. The second-order valence-corrected chi connectivity index (χ2v) is 6.67. The van der Waals surface area contributed by atoms with Crippen molar-refractivity contribution in [2.45, 2.75) is 18.9 Å². The van der Waals surface area contributed by atoms with Gasteiger partial charge in [-0.05, 0) is 37.1 Å². The molecule has 2 aromatic heterocycles. The molecule has 7 heteroatoms. The zero-order chi connectivity index (χ0) is 18.3. The van der Waals surface area contributed by atoms with Gasteiger partial charge in [0.2, 0.25) is 5.91 Å². The minimum atomic E-state index is -0.572. The van der Waals surface area contributed by atoms with Crippen LogP contribution in [0.4, 0.5) is 5.69 Å². The van der Waals surface area contributed by atoms with Crippen LogP contribution in [0.1, 0.15) is 29.2 Å². The first-order valence-corrected chi connectivity index (χ1v) is 8.73. The van der Waals surface area contributed by atoms with E-state index in [0.29, 0.717) is 5.39 Å². The molecule has 3 aromatic rings. The molecule has 1 aliphatic heterocycles. The quantitative estimate of drug-likeness (QED) is 0.778. The van der Waals surface area contributed by atoms with Crippen LogP contribution in [0.15, 0.2) is 47.5 Å². The van der Waals surface area contributed by atoms with Gasteiger partial charge in [0.1, 0.15) is 0 Å². The average molecular weight is 351 g/mol. The zero-order valence-electron chi connectivity index (χ0n) is 14.6. The van der Waals surface area contributed by atoms with Gasteiger partial charge in [-0.2, -0.15) is 0 Å². The van der Waals surface area contributed by atoms with E-state index in [9.17, 15) is 9.59 Å². The van der Waals surface area contributed by atoms with Gasteiger partial charge in [0.15, 0.2) is 0 Å². The summed E-state index contributed by atoms with van der Waals surface area (Å²) in [5, 5.41) is 0.414. The summed E-state index contributed by atoms with van der Waals surface area (Å²) < 4.78 is 3.63. The maximum absolute atomic E-state index is 13.0. The second-order valence-electron chi connectivity index (χ2n) is 6.67. The number of carbonyl (C=O) groups is 1. The Morgan fingerprint density at radius 2 is 1.96 bits per heavy atom. The van der Waals surface area contributed by atoms with Crippen molar-refractivity contribution >= 4 is 22.5 Å². The Morgan fingerprint density at radius 1 is 1.19 bits per heavy atom. The van der Waals surface area contributed by atoms with Crippen LogP contribution in [0.25, 0.3) is 10.9 Å². The van der Waals surface area contributed by atoms with Crippen LogP contribution in [0.2, 0.25) is 0 Å². The Kier molecular flexibility index (Phi) is 3.99. The lowest BCUT2D eigenvalue weighted by molar-refractivity contribution is 0.100. The van der Waals surface area contributed by atoms with Gasteiger partial charge in [0.25, 0.3) is 5.56 Å². The molecule has 0 saturated carbocycles. The van der Waals surface area contributed by atoms with Gasteiger partial charge in [-0.15, -0.1) is 0 Å². The summed E-state index contributed by atoms with van der Waals surface area (Å²) >= 11 is 0. The van der Waals surface area contributed by atoms with Crippen molar-refractivity contribution in [3.05, 3.63) is 58.6 Å². The van der Waals surface area contributed by atoms with Gasteiger partial charge < -0.3 is 10.6 Å². The second kappa shape index (κ2) is 6.33. The molecule has 1 amide bonds. The van der Waals surface area contributed by atoms with Crippen molar-refractivity contribution in [3.63, 3.8) is 0 Å². The summed E-state index contributed by atoms with van der Waals surface area (Å²) in [4.78, 5) is 31.2. The van der Waals surface area contributed by atoms with Gasteiger partial charge in [-0.1, -0.05) is 6.07 Å². The third kappa shape index (κ3) is 2.56. The predicted octanol–water partition coefficient (Wildman–Crippen LogP) is 1.68. The summed E-state index contributed by atoms with van der Waals surface area (Å²) in [5.74, 6) is -0.572. The number of nitrogens with two attached hydrogens (primary N) is 1. The van der Waals surface area contributed by atoms with Crippen molar-refractivity contribution in [1.82, 2.24) is 14.3 Å². The van der Waals surface area contributed by atoms with E-state index in [1.807, 2.05) is 30.1 Å². The number of fused-ring (bicyclic) bond motifs is 1. The molecule has 1 fully saturated rings. The standard InChI is InChI=1S/C19H21N5O2/c1-22-16-6-2-5-15(18(20)25)17(16)19(26)24(22)13-7-10-23(11-8-13)14-4-3-9-21-12-14/h2-6,9,12-13H,7-8,10-11H2,1H3,(H2,20,25). The maximum Gasteiger partial charge on any atom is 0.275 e. The fourth-order valence-electron chi connectivity index (χ4n) is 3.93. The molecule has 1 aromatic carbocycles. The lowest BCUT2D eigenvalue weighted by Crippen LogP contribution is -2.38. The molecule has 0 spiro atoms. The molecule has 0 unspecified atom stereocenters. The van der Waals surface area contributed by atoms with E-state index in [1.165, 1.54) is 0 Å². The first-order chi connectivity index (χ1) is 12.6. The predicted molar refractivity (Wildman–Crippen MR) is 100 cm³/mol. The Bertz CT molecular complexity index is 1010. The van der Waals surface area contributed by atoms with Crippen molar-refractivity contribution in [2.75, 3.05) is 18.0 Å². The number of pyridine rings is 1. The number of hydrogen-bond donors (Lipinski definition) is 1. The highest BCUT2D eigenvalue weighted by atomic mass is 16.1. The zero-order valence-corrected chi connectivity index (χ0v) is 14.6. The number of anilines is 1. The number of nitrogens with zero attached hydrogens (tertiary/aromatic N) is 4. The SMILES string of the molecule is Cn1c2cccc(C(N)=O)c2c(=O)n1C1CCN(c2cccnc2)CC1. The molecule has 0 atom stereocenters. The molecule has 1 saturated heterocycles. The number of aryl methyl sites for hydroxylation is 1. The summed E-state index contributed by atoms with van der Waals surface area (Å²) in [6.45, 7) is 1.71. The van der Waals surface area contributed by atoms with E-state index in [0.717, 1.165) is 37.1 Å². The first kappa shape index (κ1) is 16.4. The van der Waals surface area contributed by atoms with Gasteiger partial charge in [0, 0.05) is 26.3 Å². The third-order valence-corrected chi connectivity index (χ3v) is 5.22. The fourth-order valence-corrected chi connectivity index (χ4v) is 3.93. The Morgan fingerprint density at radius 3 is 2.62 bits per heavy atom. The summed E-state index contributed by atoms with van der Waals surface area (Å²) in [7, 11) is 1.86. The number of benzene rings is 1. The minimum absolute atomic E-state index is 0.0912. The number of primary amides is 1. The highest BCUT2D eigenvalue weighted by Crippen LogP contribution is 2.27. The Balaban J connectivity index is 1.67. The topological polar surface area (TPSA) is 86.2 Å². The van der Waals surface area contributed by atoms with Crippen LogP contribution in [0.5, 0.6) is 0 Å². The van der Waals surface area contributed by atoms with Gasteiger partial charge in [-0.3, -0.25) is 19.3 Å². The Labute approximate surface area is 150 Å². The summed E-state index contributed by atoms with van der Waals surface area (Å²) in [6, 6.07) is 9.30.